The van der Waals surface area contributed by atoms with Gasteiger partial charge in [0.25, 0.3) is 0 Å². The minimum atomic E-state index is -0.464. The maximum Gasteiger partial charge on any atom is 0.145 e. The van der Waals surface area contributed by atoms with Crippen LogP contribution < -0.4 is 4.74 Å². The maximum atomic E-state index is 13.2. The monoisotopic (exact) mass is 273 g/mol. The predicted octanol–water partition coefficient (Wildman–Crippen LogP) is 2.58. The van der Waals surface area contributed by atoms with Gasteiger partial charge in [0.05, 0.1) is 11.6 Å². The standard InChI is InChI=1S/C13H17ClFNO2/c1-2-16-5-6-17-11(8-16)9-18-10-3-4-12(14)13(15)7-10/h3-4,7,11H,2,5-6,8-9H2,1H3. The van der Waals surface area contributed by atoms with Crippen molar-refractivity contribution in [3.05, 3.63) is 29.0 Å². The van der Waals surface area contributed by atoms with E-state index in [0.717, 1.165) is 26.2 Å². The fraction of sp³-hybridized carbons (Fsp3) is 0.538. The largest absolute Gasteiger partial charge is 0.491 e. The van der Waals surface area contributed by atoms with Crippen LogP contribution in [-0.2, 0) is 4.74 Å². The van der Waals surface area contributed by atoms with Crippen LogP contribution >= 0.6 is 11.6 Å². The highest BCUT2D eigenvalue weighted by molar-refractivity contribution is 6.30. The quantitative estimate of drug-likeness (QED) is 0.842. The fourth-order valence-corrected chi connectivity index (χ4v) is 2.04. The van der Waals surface area contributed by atoms with Crippen molar-refractivity contribution < 1.29 is 13.9 Å². The smallest absolute Gasteiger partial charge is 0.145 e. The Kier molecular flexibility index (Phi) is 4.80. The van der Waals surface area contributed by atoms with Gasteiger partial charge in [-0.15, -0.1) is 0 Å². The van der Waals surface area contributed by atoms with Crippen LogP contribution in [0, 0.1) is 5.82 Å². The van der Waals surface area contributed by atoms with Crippen molar-refractivity contribution in [3.63, 3.8) is 0 Å². The van der Waals surface area contributed by atoms with Crippen LogP contribution in [-0.4, -0.2) is 43.9 Å². The molecule has 1 atom stereocenters. The van der Waals surface area contributed by atoms with E-state index in [9.17, 15) is 4.39 Å². The molecule has 0 aromatic heterocycles. The summed E-state index contributed by atoms with van der Waals surface area (Å²) in [7, 11) is 0. The van der Waals surface area contributed by atoms with Gasteiger partial charge in [0, 0.05) is 19.2 Å². The Labute approximate surface area is 111 Å². The number of benzene rings is 1. The van der Waals surface area contributed by atoms with E-state index in [0.29, 0.717) is 12.4 Å². The molecular weight excluding hydrogens is 257 g/mol. The molecule has 1 fully saturated rings. The van der Waals surface area contributed by atoms with E-state index < -0.39 is 5.82 Å². The molecule has 3 nitrogen and oxygen atoms in total. The molecule has 2 rings (SSSR count). The molecule has 1 heterocycles. The Bertz CT molecular complexity index is 403. The lowest BCUT2D eigenvalue weighted by Gasteiger charge is -2.31. The number of halogens is 2. The van der Waals surface area contributed by atoms with E-state index >= 15 is 0 Å². The molecule has 1 saturated heterocycles. The first-order valence-electron chi connectivity index (χ1n) is 6.11. The molecular formula is C13H17ClFNO2. The van der Waals surface area contributed by atoms with Gasteiger partial charge in [0.1, 0.15) is 24.3 Å². The Morgan fingerprint density at radius 1 is 1.56 bits per heavy atom. The number of rotatable bonds is 4. The van der Waals surface area contributed by atoms with Crippen molar-refractivity contribution in [2.75, 3.05) is 32.8 Å². The third-order valence-electron chi connectivity index (χ3n) is 3.00. The summed E-state index contributed by atoms with van der Waals surface area (Å²) in [6.07, 6.45) is 0.0393. The van der Waals surface area contributed by atoms with Crippen molar-refractivity contribution in [3.8, 4) is 5.75 Å². The summed E-state index contributed by atoms with van der Waals surface area (Å²) in [4.78, 5) is 2.31. The number of nitrogens with zero attached hydrogens (tertiary/aromatic N) is 1. The van der Waals surface area contributed by atoms with Gasteiger partial charge in [-0.05, 0) is 18.7 Å². The van der Waals surface area contributed by atoms with Crippen LogP contribution in [0.25, 0.3) is 0 Å². The molecule has 0 amide bonds. The van der Waals surface area contributed by atoms with Gasteiger partial charge in [-0.25, -0.2) is 4.39 Å². The van der Waals surface area contributed by atoms with E-state index in [1.54, 1.807) is 6.07 Å². The Hall–Kier alpha value is -0.840. The lowest BCUT2D eigenvalue weighted by Crippen LogP contribution is -2.44. The third-order valence-corrected chi connectivity index (χ3v) is 3.30. The molecule has 1 aliphatic heterocycles. The van der Waals surface area contributed by atoms with Crippen molar-refractivity contribution >= 4 is 11.6 Å². The lowest BCUT2D eigenvalue weighted by atomic mass is 10.3. The van der Waals surface area contributed by atoms with E-state index in [1.807, 2.05) is 0 Å². The maximum absolute atomic E-state index is 13.2. The average molecular weight is 274 g/mol. The third kappa shape index (κ3) is 3.57. The summed E-state index contributed by atoms with van der Waals surface area (Å²) in [6, 6.07) is 4.45. The highest BCUT2D eigenvalue weighted by Gasteiger charge is 2.19. The average Bonchev–Trinajstić information content (AvgIpc) is 2.40. The predicted molar refractivity (Wildman–Crippen MR) is 68.8 cm³/mol. The normalized spacial score (nSPS) is 20.9. The highest BCUT2D eigenvalue weighted by Crippen LogP contribution is 2.20. The zero-order valence-corrected chi connectivity index (χ0v) is 11.1. The molecule has 0 bridgehead atoms. The summed E-state index contributed by atoms with van der Waals surface area (Å²) >= 11 is 5.61. The highest BCUT2D eigenvalue weighted by atomic mass is 35.5. The molecule has 0 radical (unpaired) electrons. The minimum absolute atomic E-state index is 0.0393. The molecule has 0 saturated carbocycles. The topological polar surface area (TPSA) is 21.7 Å². The second kappa shape index (κ2) is 6.36. The molecule has 18 heavy (non-hydrogen) atoms. The molecule has 5 heteroatoms. The molecule has 0 N–H and O–H groups in total. The summed E-state index contributed by atoms with van der Waals surface area (Å²) in [5.41, 5.74) is 0. The molecule has 0 aliphatic carbocycles. The van der Waals surface area contributed by atoms with Gasteiger partial charge in [-0.2, -0.15) is 0 Å². The SMILES string of the molecule is CCN1CCOC(COc2ccc(Cl)c(F)c2)C1. The second-order valence-electron chi connectivity index (χ2n) is 4.27. The van der Waals surface area contributed by atoms with Crippen LogP contribution in [0.1, 0.15) is 6.92 Å². The van der Waals surface area contributed by atoms with Gasteiger partial charge in [0.2, 0.25) is 0 Å². The minimum Gasteiger partial charge on any atom is -0.491 e. The summed E-state index contributed by atoms with van der Waals surface area (Å²) in [6.45, 7) is 6.09. The Balaban J connectivity index is 1.85. The molecule has 1 aliphatic rings. The number of hydrogen-bond acceptors (Lipinski definition) is 3. The van der Waals surface area contributed by atoms with Gasteiger partial charge in [-0.3, -0.25) is 4.90 Å². The fourth-order valence-electron chi connectivity index (χ4n) is 1.92. The van der Waals surface area contributed by atoms with Crippen LogP contribution in [0.15, 0.2) is 18.2 Å². The van der Waals surface area contributed by atoms with Crippen LogP contribution in [0.4, 0.5) is 4.39 Å². The van der Waals surface area contributed by atoms with Crippen molar-refractivity contribution in [1.82, 2.24) is 4.90 Å². The van der Waals surface area contributed by atoms with E-state index in [-0.39, 0.29) is 11.1 Å². The van der Waals surface area contributed by atoms with Crippen LogP contribution in [0.5, 0.6) is 5.75 Å². The van der Waals surface area contributed by atoms with Crippen molar-refractivity contribution in [1.29, 1.82) is 0 Å². The Morgan fingerprint density at radius 3 is 3.11 bits per heavy atom. The second-order valence-corrected chi connectivity index (χ2v) is 4.68. The molecule has 100 valence electrons. The summed E-state index contributed by atoms with van der Waals surface area (Å²) in [5, 5.41) is 0.105. The molecule has 1 aromatic carbocycles. The lowest BCUT2D eigenvalue weighted by molar-refractivity contribution is -0.0464. The first-order chi connectivity index (χ1) is 8.69. The molecule has 1 unspecified atom stereocenters. The zero-order valence-electron chi connectivity index (χ0n) is 10.4. The molecule has 1 aromatic rings. The first-order valence-corrected chi connectivity index (χ1v) is 6.48. The van der Waals surface area contributed by atoms with E-state index in [1.165, 1.54) is 12.1 Å². The van der Waals surface area contributed by atoms with E-state index in [2.05, 4.69) is 11.8 Å². The summed E-state index contributed by atoms with van der Waals surface area (Å²) < 4.78 is 24.3. The number of ether oxygens (including phenoxy) is 2. The first kappa shape index (κ1) is 13.6. The van der Waals surface area contributed by atoms with Gasteiger partial charge < -0.3 is 9.47 Å². The number of hydrogen-bond donors (Lipinski definition) is 0. The van der Waals surface area contributed by atoms with Gasteiger partial charge >= 0.3 is 0 Å². The van der Waals surface area contributed by atoms with Crippen molar-refractivity contribution in [2.24, 2.45) is 0 Å². The van der Waals surface area contributed by atoms with E-state index in [4.69, 9.17) is 21.1 Å². The Morgan fingerprint density at radius 2 is 2.39 bits per heavy atom. The molecule has 0 spiro atoms. The zero-order chi connectivity index (χ0) is 13.0. The van der Waals surface area contributed by atoms with Crippen molar-refractivity contribution in [2.45, 2.75) is 13.0 Å². The van der Waals surface area contributed by atoms with Crippen LogP contribution in [0.2, 0.25) is 5.02 Å². The van der Waals surface area contributed by atoms with Gasteiger partial charge in [-0.1, -0.05) is 18.5 Å². The summed E-state index contributed by atoms with van der Waals surface area (Å²) in [5.74, 6) is 0.0167. The van der Waals surface area contributed by atoms with Gasteiger partial charge in [0.15, 0.2) is 0 Å². The number of morpholine rings is 1. The van der Waals surface area contributed by atoms with Crippen LogP contribution in [0.3, 0.4) is 0 Å². The number of likely N-dealkylation sites (N-methyl/N-ethyl adjacent to an activating group) is 1.